The molecule has 2 aromatic carbocycles. The lowest BCUT2D eigenvalue weighted by Crippen LogP contribution is -2.44. The average molecular weight is 519 g/mol. The Balaban J connectivity index is 1.88. The summed E-state index contributed by atoms with van der Waals surface area (Å²) >= 11 is 7.60. The Morgan fingerprint density at radius 1 is 1.00 bits per heavy atom. The van der Waals surface area contributed by atoms with Crippen LogP contribution < -0.4 is 0 Å². The van der Waals surface area contributed by atoms with Crippen LogP contribution >= 0.6 is 22.9 Å². The van der Waals surface area contributed by atoms with Crippen LogP contribution in [-0.2, 0) is 27.9 Å². The van der Waals surface area contributed by atoms with Crippen molar-refractivity contribution in [3.63, 3.8) is 0 Å². The summed E-state index contributed by atoms with van der Waals surface area (Å²) in [4.78, 5) is 17.7. The summed E-state index contributed by atoms with van der Waals surface area (Å²) in [6.45, 7) is 6.94. The number of hydrogen-bond donors (Lipinski definition) is 0. The summed E-state index contributed by atoms with van der Waals surface area (Å²) in [7, 11) is -3.86. The van der Waals surface area contributed by atoms with E-state index in [1.54, 1.807) is 28.4 Å². The van der Waals surface area contributed by atoms with Gasteiger partial charge in [-0.15, -0.1) is 11.3 Å². The molecule has 0 fully saturated rings. The van der Waals surface area contributed by atoms with Gasteiger partial charge in [0.25, 0.3) is 0 Å². The quantitative estimate of drug-likeness (QED) is 0.314. The van der Waals surface area contributed by atoms with E-state index in [-0.39, 0.29) is 29.8 Å². The van der Waals surface area contributed by atoms with Gasteiger partial charge < -0.3 is 4.90 Å². The summed E-state index contributed by atoms with van der Waals surface area (Å²) in [5.41, 5.74) is 0.998. The van der Waals surface area contributed by atoms with Crippen LogP contribution in [0.25, 0.3) is 0 Å². The molecule has 1 aromatic heterocycles. The van der Waals surface area contributed by atoms with E-state index in [1.807, 2.05) is 63.2 Å². The molecule has 0 aliphatic rings. The predicted octanol–water partition coefficient (Wildman–Crippen LogP) is 5.98. The van der Waals surface area contributed by atoms with Crippen LogP contribution in [-0.4, -0.2) is 36.6 Å². The van der Waals surface area contributed by atoms with Crippen molar-refractivity contribution in [3.8, 4) is 0 Å². The maximum atomic E-state index is 13.6. The molecule has 0 saturated carbocycles. The topological polar surface area (TPSA) is 57.7 Å². The third kappa shape index (κ3) is 7.15. The summed E-state index contributed by atoms with van der Waals surface area (Å²) in [5.74, 6) is -0.117. The molecule has 0 radical (unpaired) electrons. The number of carbonyl (C=O) groups excluding carboxylic acids is 1. The van der Waals surface area contributed by atoms with Crippen LogP contribution in [0.15, 0.2) is 71.6 Å². The highest BCUT2D eigenvalue weighted by Crippen LogP contribution is 2.22. The highest BCUT2D eigenvalue weighted by molar-refractivity contribution is 7.89. The first-order valence-electron chi connectivity index (χ1n) is 11.3. The number of thiophene rings is 1. The van der Waals surface area contributed by atoms with Gasteiger partial charge in [0.05, 0.1) is 18.0 Å². The number of carbonyl (C=O) groups is 1. The Morgan fingerprint density at radius 3 is 2.26 bits per heavy atom. The van der Waals surface area contributed by atoms with Gasteiger partial charge in [-0.3, -0.25) is 4.79 Å². The summed E-state index contributed by atoms with van der Waals surface area (Å²) < 4.78 is 28.3. The molecule has 0 N–H and O–H groups in total. The minimum Gasteiger partial charge on any atom is -0.332 e. The van der Waals surface area contributed by atoms with Gasteiger partial charge in [-0.1, -0.05) is 62.2 Å². The smallest absolute Gasteiger partial charge is 0.243 e. The Hall–Kier alpha value is -2.19. The zero-order valence-electron chi connectivity index (χ0n) is 19.8. The molecule has 1 amide bonds. The Morgan fingerprint density at radius 2 is 1.68 bits per heavy atom. The molecule has 0 spiro atoms. The Bertz CT molecular complexity index is 1180. The van der Waals surface area contributed by atoms with Gasteiger partial charge in [0.1, 0.15) is 0 Å². The normalized spacial score (nSPS) is 12.6. The SMILES string of the molecule is CCC(C)CN(CC(=O)N(Cc1ccccc1)Cc1ccc(C)s1)S(=O)(=O)c1ccc(Cl)cc1. The van der Waals surface area contributed by atoms with Crippen LogP contribution in [0.5, 0.6) is 0 Å². The standard InChI is InChI=1S/C26H31ClN2O3S2/c1-4-20(2)16-29(34(31,32)25-14-11-23(27)12-15-25)19-26(30)28(17-22-8-6-5-7-9-22)18-24-13-10-21(3)33-24/h5-15,20H,4,16-19H2,1-3H3. The number of nitrogens with zero attached hydrogens (tertiary/aromatic N) is 2. The molecule has 3 aromatic rings. The molecule has 1 atom stereocenters. The van der Waals surface area contributed by atoms with Crippen molar-refractivity contribution in [1.82, 2.24) is 9.21 Å². The minimum absolute atomic E-state index is 0.109. The zero-order valence-corrected chi connectivity index (χ0v) is 22.2. The van der Waals surface area contributed by atoms with Crippen LogP contribution in [0.1, 0.15) is 35.6 Å². The number of amides is 1. The second-order valence-corrected chi connectivity index (χ2v) is 12.3. The molecular weight excluding hydrogens is 488 g/mol. The number of benzene rings is 2. The van der Waals surface area contributed by atoms with Gasteiger partial charge in [0, 0.05) is 27.9 Å². The summed E-state index contributed by atoms with van der Waals surface area (Å²) in [5, 5.41) is 0.462. The number of halogens is 1. The fourth-order valence-corrected chi connectivity index (χ4v) is 6.07. The maximum Gasteiger partial charge on any atom is 0.243 e. The van der Waals surface area contributed by atoms with Crippen LogP contribution in [0.2, 0.25) is 5.02 Å². The van der Waals surface area contributed by atoms with E-state index < -0.39 is 10.0 Å². The number of aryl methyl sites for hydroxylation is 1. The molecule has 0 aliphatic heterocycles. The van der Waals surface area contributed by atoms with E-state index in [2.05, 4.69) is 0 Å². The van der Waals surface area contributed by atoms with E-state index in [1.165, 1.54) is 21.3 Å². The van der Waals surface area contributed by atoms with Crippen molar-refractivity contribution in [2.24, 2.45) is 5.92 Å². The van der Waals surface area contributed by atoms with E-state index >= 15 is 0 Å². The van der Waals surface area contributed by atoms with Crippen molar-refractivity contribution in [3.05, 3.63) is 87.1 Å². The van der Waals surface area contributed by atoms with Crippen molar-refractivity contribution < 1.29 is 13.2 Å². The highest BCUT2D eigenvalue weighted by Gasteiger charge is 2.30. The molecule has 1 unspecified atom stereocenters. The first kappa shape index (κ1) is 26.4. The molecule has 0 saturated heterocycles. The fourth-order valence-electron chi connectivity index (χ4n) is 3.53. The van der Waals surface area contributed by atoms with E-state index in [9.17, 15) is 13.2 Å². The maximum absolute atomic E-state index is 13.6. The molecule has 1 heterocycles. The van der Waals surface area contributed by atoms with Crippen LogP contribution in [0.3, 0.4) is 0 Å². The Kier molecular flexibility index (Phi) is 9.31. The van der Waals surface area contributed by atoms with E-state index in [0.717, 1.165) is 16.9 Å². The third-order valence-corrected chi connectivity index (χ3v) is 8.75. The van der Waals surface area contributed by atoms with Crippen molar-refractivity contribution in [2.45, 2.75) is 45.2 Å². The Labute approximate surface area is 212 Å². The van der Waals surface area contributed by atoms with Gasteiger partial charge in [-0.05, 0) is 54.8 Å². The number of rotatable bonds is 11. The van der Waals surface area contributed by atoms with Crippen LogP contribution in [0.4, 0.5) is 0 Å². The molecule has 0 bridgehead atoms. The average Bonchev–Trinajstić information content (AvgIpc) is 3.23. The second kappa shape index (κ2) is 12.0. The summed E-state index contributed by atoms with van der Waals surface area (Å²) in [6.07, 6.45) is 0.809. The highest BCUT2D eigenvalue weighted by atomic mass is 35.5. The van der Waals surface area contributed by atoms with Gasteiger partial charge >= 0.3 is 0 Å². The van der Waals surface area contributed by atoms with E-state index in [0.29, 0.717) is 18.1 Å². The third-order valence-electron chi connectivity index (χ3n) is 5.69. The number of sulfonamides is 1. The first-order chi connectivity index (χ1) is 16.2. The van der Waals surface area contributed by atoms with Gasteiger partial charge in [0.15, 0.2) is 0 Å². The second-order valence-electron chi connectivity index (χ2n) is 8.51. The lowest BCUT2D eigenvalue weighted by Gasteiger charge is -2.28. The lowest BCUT2D eigenvalue weighted by atomic mass is 10.1. The van der Waals surface area contributed by atoms with Crippen molar-refractivity contribution in [1.29, 1.82) is 0 Å². The van der Waals surface area contributed by atoms with Crippen molar-refractivity contribution in [2.75, 3.05) is 13.1 Å². The van der Waals surface area contributed by atoms with Gasteiger partial charge in [-0.25, -0.2) is 8.42 Å². The summed E-state index contributed by atoms with van der Waals surface area (Å²) in [6, 6.07) is 19.9. The van der Waals surface area contributed by atoms with Gasteiger partial charge in [-0.2, -0.15) is 4.31 Å². The fraction of sp³-hybridized carbons (Fsp3) is 0.346. The molecule has 182 valence electrons. The molecule has 8 heteroatoms. The monoisotopic (exact) mass is 518 g/mol. The molecule has 5 nitrogen and oxygen atoms in total. The van der Waals surface area contributed by atoms with Crippen molar-refractivity contribution >= 4 is 38.9 Å². The zero-order chi connectivity index (χ0) is 24.7. The van der Waals surface area contributed by atoms with Crippen LogP contribution in [0, 0.1) is 12.8 Å². The number of hydrogen-bond acceptors (Lipinski definition) is 4. The largest absolute Gasteiger partial charge is 0.332 e. The first-order valence-corrected chi connectivity index (χ1v) is 13.9. The molecule has 0 aliphatic carbocycles. The van der Waals surface area contributed by atoms with Gasteiger partial charge in [0.2, 0.25) is 15.9 Å². The molecule has 3 rings (SSSR count). The minimum atomic E-state index is -3.86. The predicted molar refractivity (Wildman–Crippen MR) is 139 cm³/mol. The lowest BCUT2D eigenvalue weighted by molar-refractivity contribution is -0.132. The molecule has 34 heavy (non-hydrogen) atoms. The van der Waals surface area contributed by atoms with E-state index in [4.69, 9.17) is 11.6 Å². The molecular formula is C26H31ClN2O3S2.